The van der Waals surface area contributed by atoms with E-state index in [0.29, 0.717) is 18.5 Å². The first-order chi connectivity index (χ1) is 14.1. The molecule has 30 heavy (non-hydrogen) atoms. The summed E-state index contributed by atoms with van der Waals surface area (Å²) in [6, 6.07) is 8.71. The lowest BCUT2D eigenvalue weighted by molar-refractivity contribution is -0.132. The van der Waals surface area contributed by atoms with Crippen LogP contribution in [0.1, 0.15) is 18.2 Å². The number of aryl methyl sites for hydroxylation is 1. The van der Waals surface area contributed by atoms with E-state index in [1.807, 2.05) is 17.5 Å². The van der Waals surface area contributed by atoms with Crippen LogP contribution in [0.5, 0.6) is 0 Å². The number of rotatable bonds is 5. The Morgan fingerprint density at radius 2 is 1.83 bits per heavy atom. The van der Waals surface area contributed by atoms with Crippen LogP contribution in [0, 0.1) is 0 Å². The van der Waals surface area contributed by atoms with E-state index in [9.17, 15) is 14.4 Å². The predicted molar refractivity (Wildman–Crippen MR) is 116 cm³/mol. The molecule has 1 saturated heterocycles. The smallest absolute Gasteiger partial charge is 0.344 e. The number of hydrazine groups is 1. The molecule has 1 aromatic carbocycles. The third-order valence-electron chi connectivity index (χ3n) is 4.03. The first-order valence-corrected chi connectivity index (χ1v) is 10.3. The number of thiophene rings is 1. The molecular weight excluding hydrogens is 476 g/mol. The molecule has 1 atom stereocenters. The van der Waals surface area contributed by atoms with E-state index < -0.39 is 29.5 Å². The second-order valence-corrected chi connectivity index (χ2v) is 8.41. The van der Waals surface area contributed by atoms with Crippen LogP contribution in [0.25, 0.3) is 0 Å². The first kappa shape index (κ1) is 23.2. The third kappa shape index (κ3) is 6.46. The third-order valence-corrected chi connectivity index (χ3v) is 5.49. The SMILES string of the molecule is CC1(CCc2cccs2)NC(=O)N(NC(=O)Nc2ccc(Br)cc2)C1=O.NC(N)=O. The molecule has 2 heterocycles. The van der Waals surface area contributed by atoms with E-state index in [4.69, 9.17) is 4.79 Å². The van der Waals surface area contributed by atoms with Gasteiger partial charge in [-0.05, 0) is 55.5 Å². The molecule has 1 fully saturated rings. The Balaban J connectivity index is 0.000000735. The molecule has 160 valence electrons. The van der Waals surface area contributed by atoms with E-state index in [-0.39, 0.29) is 0 Å². The summed E-state index contributed by atoms with van der Waals surface area (Å²) < 4.78 is 0.874. The number of anilines is 1. The van der Waals surface area contributed by atoms with Gasteiger partial charge in [-0.3, -0.25) is 4.79 Å². The zero-order valence-electron chi connectivity index (χ0n) is 16.0. The highest BCUT2D eigenvalue weighted by Gasteiger charge is 2.48. The molecule has 12 heteroatoms. The molecule has 10 nitrogen and oxygen atoms in total. The molecule has 7 N–H and O–H groups in total. The highest BCUT2D eigenvalue weighted by molar-refractivity contribution is 9.10. The average molecular weight is 497 g/mol. The topological polar surface area (TPSA) is 160 Å². The number of nitrogens with two attached hydrogens (primary N) is 2. The van der Waals surface area contributed by atoms with Gasteiger partial charge in [-0.15, -0.1) is 11.3 Å². The minimum atomic E-state index is -1.05. The van der Waals surface area contributed by atoms with Gasteiger partial charge in [0.2, 0.25) is 0 Å². The number of primary amides is 2. The van der Waals surface area contributed by atoms with E-state index in [1.165, 1.54) is 0 Å². The molecular formula is C18H21BrN6O4S. The Labute approximate surface area is 185 Å². The normalized spacial score (nSPS) is 17.6. The molecule has 1 aromatic heterocycles. The minimum absolute atomic E-state index is 0.449. The summed E-state index contributed by atoms with van der Waals surface area (Å²) >= 11 is 4.91. The summed E-state index contributed by atoms with van der Waals surface area (Å²) in [5, 5.41) is 7.93. The van der Waals surface area contributed by atoms with Crippen molar-refractivity contribution in [2.75, 3.05) is 5.32 Å². The second kappa shape index (κ2) is 10.1. The van der Waals surface area contributed by atoms with Crippen molar-refractivity contribution in [1.82, 2.24) is 15.8 Å². The number of hydrogen-bond acceptors (Lipinski definition) is 5. The lowest BCUT2D eigenvalue weighted by atomic mass is 9.96. The molecule has 0 aliphatic carbocycles. The number of nitrogens with one attached hydrogen (secondary N) is 3. The number of hydrogen-bond donors (Lipinski definition) is 5. The van der Waals surface area contributed by atoms with Gasteiger partial charge in [-0.25, -0.2) is 19.8 Å². The maximum Gasteiger partial charge on any atom is 0.344 e. The van der Waals surface area contributed by atoms with Crippen LogP contribution in [0.3, 0.4) is 0 Å². The van der Waals surface area contributed by atoms with Gasteiger partial charge in [0.15, 0.2) is 0 Å². The lowest BCUT2D eigenvalue weighted by Crippen LogP contribution is -2.50. The van der Waals surface area contributed by atoms with Crippen LogP contribution < -0.4 is 27.5 Å². The van der Waals surface area contributed by atoms with Crippen molar-refractivity contribution in [2.45, 2.75) is 25.3 Å². The quantitative estimate of drug-likeness (QED) is 0.402. The fourth-order valence-corrected chi connectivity index (χ4v) is 3.55. The van der Waals surface area contributed by atoms with Crippen LogP contribution in [-0.2, 0) is 11.2 Å². The van der Waals surface area contributed by atoms with Crippen molar-refractivity contribution in [3.8, 4) is 0 Å². The van der Waals surface area contributed by atoms with Crippen LogP contribution in [0.15, 0.2) is 46.3 Å². The summed E-state index contributed by atoms with van der Waals surface area (Å²) in [5.74, 6) is -0.481. The van der Waals surface area contributed by atoms with Crippen LogP contribution in [-0.4, -0.2) is 34.5 Å². The monoisotopic (exact) mass is 496 g/mol. The summed E-state index contributed by atoms with van der Waals surface area (Å²) in [4.78, 5) is 47.0. The van der Waals surface area contributed by atoms with Gasteiger partial charge in [0, 0.05) is 15.0 Å². The fourth-order valence-electron chi connectivity index (χ4n) is 2.58. The molecule has 0 bridgehead atoms. The number of halogens is 1. The number of imide groups is 1. The maximum absolute atomic E-state index is 12.6. The van der Waals surface area contributed by atoms with E-state index in [2.05, 4.69) is 43.5 Å². The average Bonchev–Trinajstić information content (AvgIpc) is 3.25. The van der Waals surface area contributed by atoms with Gasteiger partial charge in [0.25, 0.3) is 5.91 Å². The number of carbonyl (C=O) groups excluding carboxylic acids is 4. The molecule has 7 amide bonds. The highest BCUT2D eigenvalue weighted by Crippen LogP contribution is 2.23. The van der Waals surface area contributed by atoms with Crippen molar-refractivity contribution >= 4 is 57.0 Å². The molecule has 1 unspecified atom stereocenters. The van der Waals surface area contributed by atoms with Gasteiger partial charge in [-0.2, -0.15) is 5.01 Å². The van der Waals surface area contributed by atoms with Crippen molar-refractivity contribution in [3.63, 3.8) is 0 Å². The molecule has 0 radical (unpaired) electrons. The Morgan fingerprint density at radius 1 is 1.20 bits per heavy atom. The molecule has 0 saturated carbocycles. The number of nitrogens with zero attached hydrogens (tertiary/aromatic N) is 1. The lowest BCUT2D eigenvalue weighted by Gasteiger charge is -2.21. The van der Waals surface area contributed by atoms with Crippen molar-refractivity contribution in [2.24, 2.45) is 11.5 Å². The zero-order chi connectivity index (χ0) is 22.3. The molecule has 0 spiro atoms. The van der Waals surface area contributed by atoms with Gasteiger partial charge in [0.1, 0.15) is 5.54 Å². The van der Waals surface area contributed by atoms with Crippen LogP contribution >= 0.6 is 27.3 Å². The van der Waals surface area contributed by atoms with Crippen molar-refractivity contribution in [1.29, 1.82) is 0 Å². The van der Waals surface area contributed by atoms with Crippen molar-refractivity contribution in [3.05, 3.63) is 51.1 Å². The fraction of sp³-hybridized carbons (Fsp3) is 0.222. The number of amides is 7. The van der Waals surface area contributed by atoms with Crippen LogP contribution in [0.4, 0.5) is 20.1 Å². The van der Waals surface area contributed by atoms with Gasteiger partial charge in [0.05, 0.1) is 0 Å². The highest BCUT2D eigenvalue weighted by atomic mass is 79.9. The molecule has 1 aliphatic heterocycles. The molecule has 2 aromatic rings. The van der Waals surface area contributed by atoms with Gasteiger partial charge >= 0.3 is 18.1 Å². The minimum Gasteiger partial charge on any atom is -0.352 e. The van der Waals surface area contributed by atoms with Gasteiger partial charge < -0.3 is 22.1 Å². The largest absolute Gasteiger partial charge is 0.352 e. The van der Waals surface area contributed by atoms with E-state index >= 15 is 0 Å². The summed E-state index contributed by atoms with van der Waals surface area (Å²) in [5.41, 5.74) is 10.3. The predicted octanol–water partition coefficient (Wildman–Crippen LogP) is 2.51. The summed E-state index contributed by atoms with van der Waals surface area (Å²) in [6.07, 6.45) is 1.11. The Morgan fingerprint density at radius 3 is 2.40 bits per heavy atom. The van der Waals surface area contributed by atoms with E-state index in [1.54, 1.807) is 42.5 Å². The summed E-state index contributed by atoms with van der Waals surface area (Å²) in [6.45, 7) is 1.66. The second-order valence-electron chi connectivity index (χ2n) is 6.46. The Bertz CT molecular complexity index is 917. The number of carbonyl (C=O) groups is 4. The first-order valence-electron chi connectivity index (χ1n) is 8.68. The standard InChI is InChI=1S/C17H17BrN4O3S.CH4N2O/c1-17(9-8-13-3-2-10-26-13)14(23)22(16(25)20-17)21-15(24)19-12-6-4-11(18)5-7-12;2-1(3)4/h2-7,10H,8-9H2,1H3,(H,20,25)(H2,19,21,24);(H4,2,3,4). The zero-order valence-corrected chi connectivity index (χ0v) is 18.4. The maximum atomic E-state index is 12.6. The Kier molecular flexibility index (Phi) is 7.78. The van der Waals surface area contributed by atoms with Crippen LogP contribution in [0.2, 0.25) is 0 Å². The number of benzene rings is 1. The van der Waals surface area contributed by atoms with Gasteiger partial charge in [-0.1, -0.05) is 22.0 Å². The number of urea groups is 3. The van der Waals surface area contributed by atoms with E-state index in [0.717, 1.165) is 14.4 Å². The van der Waals surface area contributed by atoms with Crippen molar-refractivity contribution < 1.29 is 19.2 Å². The molecule has 3 rings (SSSR count). The molecule has 1 aliphatic rings. The summed E-state index contributed by atoms with van der Waals surface area (Å²) in [7, 11) is 0. The Hall–Kier alpha value is -3.12.